The number of fused-ring (bicyclic) bond motifs is 1. The third-order valence-corrected chi connectivity index (χ3v) is 8.47. The summed E-state index contributed by atoms with van der Waals surface area (Å²) in [5, 5.41) is 2.74. The van der Waals surface area contributed by atoms with Crippen LogP contribution >= 0.6 is 0 Å². The molecule has 4 rings (SSSR count). The van der Waals surface area contributed by atoms with Crippen LogP contribution in [0.15, 0.2) is 53.8 Å². The molecule has 0 radical (unpaired) electrons. The van der Waals surface area contributed by atoms with Crippen LogP contribution in [0, 0.1) is 5.41 Å². The number of hydrogen-bond acceptors (Lipinski definition) is 6. The molecule has 2 amide bonds. The highest BCUT2D eigenvalue weighted by Crippen LogP contribution is 2.50. The minimum Gasteiger partial charge on any atom is -0.374 e. The summed E-state index contributed by atoms with van der Waals surface area (Å²) in [6, 6.07) is 8.03. The van der Waals surface area contributed by atoms with Gasteiger partial charge in [0.25, 0.3) is 0 Å². The summed E-state index contributed by atoms with van der Waals surface area (Å²) in [5.41, 5.74) is 8.41. The first-order chi connectivity index (χ1) is 17.1. The van der Waals surface area contributed by atoms with Crippen molar-refractivity contribution in [3.05, 3.63) is 59.3 Å². The van der Waals surface area contributed by atoms with Gasteiger partial charge in [0.05, 0.1) is 25.5 Å². The number of likely N-dealkylation sites (tertiary alicyclic amines) is 1. The average molecular weight is 517 g/mol. The van der Waals surface area contributed by atoms with Crippen LogP contribution in [0.4, 0.5) is 0 Å². The molecule has 9 nitrogen and oxygen atoms in total. The zero-order valence-corrected chi connectivity index (χ0v) is 21.8. The first-order valence-corrected chi connectivity index (χ1v) is 14.3. The van der Waals surface area contributed by atoms with E-state index in [1.54, 1.807) is 16.1 Å². The lowest BCUT2D eigenvalue weighted by atomic mass is 9.72. The number of carbonyl (C=O) groups excluding carboxylic acids is 2. The van der Waals surface area contributed by atoms with Gasteiger partial charge < -0.3 is 20.7 Å². The van der Waals surface area contributed by atoms with E-state index in [1.807, 2.05) is 30.3 Å². The van der Waals surface area contributed by atoms with E-state index in [0.717, 1.165) is 23.3 Å². The van der Waals surface area contributed by atoms with Gasteiger partial charge in [0, 0.05) is 30.7 Å². The van der Waals surface area contributed by atoms with Crippen molar-refractivity contribution in [3.8, 4) is 0 Å². The Morgan fingerprint density at radius 2 is 1.89 bits per heavy atom. The van der Waals surface area contributed by atoms with E-state index in [2.05, 4.69) is 17.5 Å². The quantitative estimate of drug-likeness (QED) is 0.540. The second-order valence-corrected chi connectivity index (χ2v) is 11.9. The monoisotopic (exact) mass is 516 g/mol. The molecule has 0 saturated carbocycles. The van der Waals surface area contributed by atoms with Crippen molar-refractivity contribution < 1.29 is 22.7 Å². The van der Waals surface area contributed by atoms with Crippen LogP contribution < -0.4 is 11.1 Å². The molecule has 1 fully saturated rings. The van der Waals surface area contributed by atoms with Gasteiger partial charge >= 0.3 is 0 Å². The lowest BCUT2D eigenvalue weighted by Gasteiger charge is -2.41. The van der Waals surface area contributed by atoms with Gasteiger partial charge in [0.1, 0.15) is 6.04 Å². The second kappa shape index (κ2) is 10.7. The van der Waals surface area contributed by atoms with Gasteiger partial charge in [-0.1, -0.05) is 42.5 Å². The molecule has 196 valence electrons. The number of carbonyl (C=O) groups is 2. The van der Waals surface area contributed by atoms with Gasteiger partial charge in [-0.2, -0.15) is 0 Å². The molecule has 3 N–H and O–H groups in total. The standard InChI is InChI=1S/C26H36N4O5S/c1-19(27)24(31)28-22(17-35-16-20-8-4-3-5-9-20)25(32)29-14-12-26(13-15-29)18-30(36(2,33)34)23-11-7-6-10-21(23)26/h3-6,8-10,19,22H,7,11-18,27H2,1-2H3,(H,28,31)/t19-,22+/m0/s1. The number of nitrogens with zero attached hydrogens (tertiary/aromatic N) is 2. The van der Waals surface area contributed by atoms with Crippen LogP contribution in [0.3, 0.4) is 0 Å². The fourth-order valence-corrected chi connectivity index (χ4v) is 6.39. The lowest BCUT2D eigenvalue weighted by molar-refractivity contribution is -0.140. The molecule has 0 aromatic heterocycles. The summed E-state index contributed by atoms with van der Waals surface area (Å²) in [6.45, 7) is 3.31. The minimum atomic E-state index is -3.36. The predicted octanol–water partition coefficient (Wildman–Crippen LogP) is 1.52. The van der Waals surface area contributed by atoms with E-state index in [4.69, 9.17) is 10.5 Å². The van der Waals surface area contributed by atoms with E-state index >= 15 is 0 Å². The third kappa shape index (κ3) is 5.66. The Labute approximate surface area is 213 Å². The van der Waals surface area contributed by atoms with Crippen molar-refractivity contribution in [2.24, 2.45) is 11.1 Å². The molecule has 3 aliphatic rings. The molecule has 10 heteroatoms. The van der Waals surface area contributed by atoms with Crippen molar-refractivity contribution in [1.82, 2.24) is 14.5 Å². The van der Waals surface area contributed by atoms with Crippen LogP contribution in [0.2, 0.25) is 0 Å². The van der Waals surface area contributed by atoms with E-state index < -0.39 is 28.0 Å². The molecule has 0 bridgehead atoms. The molecule has 1 aliphatic carbocycles. The Bertz CT molecular complexity index is 1140. The van der Waals surface area contributed by atoms with Crippen LogP contribution in [0.1, 0.15) is 38.2 Å². The Balaban J connectivity index is 1.43. The smallest absolute Gasteiger partial charge is 0.247 e. The summed E-state index contributed by atoms with van der Waals surface area (Å²) in [4.78, 5) is 27.5. The number of hydrogen-bond donors (Lipinski definition) is 2. The molecule has 2 atom stereocenters. The topological polar surface area (TPSA) is 122 Å². The number of nitrogens with two attached hydrogens (primary N) is 1. The fraction of sp³-hybridized carbons (Fsp3) is 0.538. The van der Waals surface area contributed by atoms with Gasteiger partial charge in [-0.15, -0.1) is 0 Å². The highest BCUT2D eigenvalue weighted by atomic mass is 32.2. The van der Waals surface area contributed by atoms with Crippen molar-refractivity contribution >= 4 is 21.8 Å². The molecule has 2 heterocycles. The summed E-state index contributed by atoms with van der Waals surface area (Å²) in [6.07, 6.45) is 8.30. The Kier molecular flexibility index (Phi) is 7.87. The summed E-state index contributed by atoms with van der Waals surface area (Å²) in [7, 11) is -3.36. The number of sulfonamides is 1. The Morgan fingerprint density at radius 1 is 1.19 bits per heavy atom. The molecular formula is C26H36N4O5S. The summed E-state index contributed by atoms with van der Waals surface area (Å²) < 4.78 is 32.3. The molecule has 0 unspecified atom stereocenters. The van der Waals surface area contributed by atoms with Gasteiger partial charge in [0.2, 0.25) is 21.8 Å². The lowest BCUT2D eigenvalue weighted by Crippen LogP contribution is -2.56. The zero-order chi connectivity index (χ0) is 25.9. The first-order valence-electron chi connectivity index (χ1n) is 12.4. The molecule has 1 saturated heterocycles. The number of piperidine rings is 1. The molecule has 1 aromatic rings. The van der Waals surface area contributed by atoms with Crippen molar-refractivity contribution in [2.75, 3.05) is 32.5 Å². The van der Waals surface area contributed by atoms with Gasteiger partial charge in [-0.05, 0) is 43.7 Å². The Morgan fingerprint density at radius 3 is 2.53 bits per heavy atom. The first kappa shape index (κ1) is 26.4. The molecule has 36 heavy (non-hydrogen) atoms. The fourth-order valence-electron chi connectivity index (χ4n) is 5.32. The summed E-state index contributed by atoms with van der Waals surface area (Å²) >= 11 is 0. The van der Waals surface area contributed by atoms with Crippen molar-refractivity contribution in [3.63, 3.8) is 0 Å². The predicted molar refractivity (Wildman–Crippen MR) is 137 cm³/mol. The normalized spacial score (nSPS) is 20.9. The van der Waals surface area contributed by atoms with E-state index in [-0.39, 0.29) is 17.9 Å². The average Bonchev–Trinajstić information content (AvgIpc) is 3.18. The van der Waals surface area contributed by atoms with Crippen molar-refractivity contribution in [2.45, 2.75) is 51.3 Å². The van der Waals surface area contributed by atoms with E-state index in [9.17, 15) is 18.0 Å². The maximum atomic E-state index is 13.5. The van der Waals surface area contributed by atoms with Gasteiger partial charge in [-0.25, -0.2) is 8.42 Å². The molecule has 1 aromatic carbocycles. The van der Waals surface area contributed by atoms with Crippen LogP contribution in [0.5, 0.6) is 0 Å². The number of benzene rings is 1. The maximum Gasteiger partial charge on any atom is 0.247 e. The second-order valence-electron chi connectivity index (χ2n) is 10.0. The zero-order valence-electron chi connectivity index (χ0n) is 21.0. The number of ether oxygens (including phenoxy) is 1. The molecular weight excluding hydrogens is 480 g/mol. The highest BCUT2D eigenvalue weighted by molar-refractivity contribution is 7.88. The molecule has 1 spiro atoms. The third-order valence-electron chi connectivity index (χ3n) is 7.32. The van der Waals surface area contributed by atoms with E-state index in [1.165, 1.54) is 6.26 Å². The number of nitrogens with one attached hydrogen (secondary N) is 1. The Hall–Kier alpha value is -2.69. The number of amides is 2. The van der Waals surface area contributed by atoms with Gasteiger partial charge in [0.15, 0.2) is 0 Å². The van der Waals surface area contributed by atoms with Gasteiger partial charge in [-0.3, -0.25) is 13.9 Å². The maximum absolute atomic E-state index is 13.5. The van der Waals surface area contributed by atoms with E-state index in [0.29, 0.717) is 45.5 Å². The SMILES string of the molecule is C[C@H](N)C(=O)N[C@H](COCc1ccccc1)C(=O)N1CCC2(CC1)CN(S(C)(=O)=O)C1=C2C=CCC1. The van der Waals surface area contributed by atoms with Crippen LogP contribution in [0.25, 0.3) is 0 Å². The van der Waals surface area contributed by atoms with Crippen LogP contribution in [-0.2, 0) is 31.0 Å². The van der Waals surface area contributed by atoms with Crippen molar-refractivity contribution in [1.29, 1.82) is 0 Å². The minimum absolute atomic E-state index is 0.0354. The number of rotatable bonds is 8. The molecule has 2 aliphatic heterocycles. The number of allylic oxidation sites excluding steroid dienone is 3. The van der Waals surface area contributed by atoms with Crippen LogP contribution in [-0.4, -0.2) is 74.0 Å². The summed E-state index contributed by atoms with van der Waals surface area (Å²) in [5.74, 6) is -0.620. The largest absolute Gasteiger partial charge is 0.374 e. The highest BCUT2D eigenvalue weighted by Gasteiger charge is 2.49.